The highest BCUT2D eigenvalue weighted by Crippen LogP contribution is 2.19. The van der Waals surface area contributed by atoms with E-state index in [9.17, 15) is 0 Å². The molecule has 0 saturated heterocycles. The fraction of sp³-hybridized carbons (Fsp3) is 0.0588. The maximum atomic E-state index is 8.81. The van der Waals surface area contributed by atoms with Crippen LogP contribution in [0.4, 0.5) is 5.82 Å². The molecule has 0 atom stereocenters. The van der Waals surface area contributed by atoms with E-state index in [1.165, 1.54) is 0 Å². The molecule has 5 heteroatoms. The highest BCUT2D eigenvalue weighted by molar-refractivity contribution is 5.99. The lowest BCUT2D eigenvalue weighted by Gasteiger charge is -2.05. The van der Waals surface area contributed by atoms with E-state index >= 15 is 0 Å². The van der Waals surface area contributed by atoms with Gasteiger partial charge in [-0.2, -0.15) is 15.5 Å². The van der Waals surface area contributed by atoms with Gasteiger partial charge in [-0.3, -0.25) is 5.43 Å². The molecule has 1 N–H and O–H groups in total. The molecule has 0 spiro atoms. The smallest absolute Gasteiger partial charge is 0.176 e. The van der Waals surface area contributed by atoms with Crippen LogP contribution in [0.3, 0.4) is 0 Å². The molecular weight excluding hydrogens is 274 g/mol. The summed E-state index contributed by atoms with van der Waals surface area (Å²) in [6.45, 7) is 1.90. The Labute approximate surface area is 127 Å². The van der Waals surface area contributed by atoms with Crippen molar-refractivity contribution in [2.75, 3.05) is 5.43 Å². The van der Waals surface area contributed by atoms with Crippen LogP contribution in [-0.2, 0) is 0 Å². The predicted octanol–water partition coefficient (Wildman–Crippen LogP) is 3.34. The Hall–Kier alpha value is -3.26. The minimum absolute atomic E-state index is 0.617. The number of hydrogen-bond donors (Lipinski definition) is 1. The molecule has 2 aromatic carbocycles. The summed E-state index contributed by atoms with van der Waals surface area (Å²) in [6, 6.07) is 17.2. The summed E-state index contributed by atoms with van der Waals surface area (Å²) >= 11 is 0. The molecule has 0 aliphatic carbocycles. The average Bonchev–Trinajstić information content (AvgIpc) is 2.59. The maximum absolute atomic E-state index is 8.81. The van der Waals surface area contributed by atoms with Crippen LogP contribution in [0.1, 0.15) is 18.1 Å². The molecule has 1 heterocycles. The van der Waals surface area contributed by atoms with Gasteiger partial charge in [-0.15, -0.1) is 5.10 Å². The van der Waals surface area contributed by atoms with Crippen molar-refractivity contribution in [1.82, 2.24) is 10.2 Å². The van der Waals surface area contributed by atoms with Crippen LogP contribution in [0.15, 0.2) is 59.8 Å². The minimum Gasteiger partial charge on any atom is -0.259 e. The first-order chi connectivity index (χ1) is 10.8. The number of anilines is 1. The molecular formula is C17H13N5. The second kappa shape index (κ2) is 6.02. The molecule has 0 unspecified atom stereocenters. The van der Waals surface area contributed by atoms with Gasteiger partial charge in [0.05, 0.1) is 23.5 Å². The number of nitriles is 1. The summed E-state index contributed by atoms with van der Waals surface area (Å²) in [5.41, 5.74) is 5.34. The minimum atomic E-state index is 0.617. The largest absolute Gasteiger partial charge is 0.259 e. The maximum Gasteiger partial charge on any atom is 0.176 e. The summed E-state index contributed by atoms with van der Waals surface area (Å²) in [5, 5.41) is 23.2. The number of aromatic nitrogens is 2. The van der Waals surface area contributed by atoms with Crippen molar-refractivity contribution in [2.24, 2.45) is 5.10 Å². The summed E-state index contributed by atoms with van der Waals surface area (Å²) < 4.78 is 0. The van der Waals surface area contributed by atoms with Gasteiger partial charge >= 0.3 is 0 Å². The van der Waals surface area contributed by atoms with Crippen LogP contribution in [0.2, 0.25) is 0 Å². The highest BCUT2D eigenvalue weighted by Gasteiger charge is 2.02. The molecule has 3 aromatic rings. The number of rotatable bonds is 3. The van der Waals surface area contributed by atoms with E-state index in [1.54, 1.807) is 18.3 Å². The number of hydrogen-bond acceptors (Lipinski definition) is 5. The Morgan fingerprint density at radius 2 is 1.91 bits per heavy atom. The van der Waals surface area contributed by atoms with Crippen LogP contribution in [-0.4, -0.2) is 15.9 Å². The first kappa shape index (κ1) is 13.7. The van der Waals surface area contributed by atoms with Crippen LogP contribution in [0, 0.1) is 11.3 Å². The summed E-state index contributed by atoms with van der Waals surface area (Å²) in [5.74, 6) is 0.617. The van der Waals surface area contributed by atoms with Gasteiger partial charge in [-0.1, -0.05) is 36.4 Å². The van der Waals surface area contributed by atoms with E-state index in [4.69, 9.17) is 5.26 Å². The summed E-state index contributed by atoms with van der Waals surface area (Å²) in [6.07, 6.45) is 1.72. The average molecular weight is 287 g/mol. The molecule has 0 amide bonds. The van der Waals surface area contributed by atoms with Gasteiger partial charge < -0.3 is 0 Å². The van der Waals surface area contributed by atoms with Crippen LogP contribution < -0.4 is 5.43 Å². The lowest BCUT2D eigenvalue weighted by molar-refractivity contribution is 1.04. The molecule has 0 fully saturated rings. The van der Waals surface area contributed by atoms with Crippen molar-refractivity contribution < 1.29 is 0 Å². The predicted molar refractivity (Wildman–Crippen MR) is 86.5 cm³/mol. The van der Waals surface area contributed by atoms with Gasteiger partial charge in [0.15, 0.2) is 5.82 Å². The van der Waals surface area contributed by atoms with Gasteiger partial charge in [0.2, 0.25) is 0 Å². The molecule has 3 rings (SSSR count). The van der Waals surface area contributed by atoms with E-state index in [1.807, 2.05) is 43.3 Å². The second-order valence-electron chi connectivity index (χ2n) is 4.78. The molecule has 0 aliphatic rings. The Morgan fingerprint density at radius 3 is 2.68 bits per heavy atom. The van der Waals surface area contributed by atoms with E-state index < -0.39 is 0 Å². The zero-order valence-electron chi connectivity index (χ0n) is 12.0. The van der Waals surface area contributed by atoms with Crippen molar-refractivity contribution in [2.45, 2.75) is 6.92 Å². The third kappa shape index (κ3) is 2.76. The third-order valence-corrected chi connectivity index (χ3v) is 3.33. The molecule has 0 radical (unpaired) electrons. The standard InChI is InChI=1S/C17H13N5/c1-12(14-8-6-13(10-18)7-9-14)20-22-17-16-5-3-2-4-15(16)11-19-21-17/h2-9,11H,1H3,(H,21,22)/b20-12+. The Morgan fingerprint density at radius 1 is 1.14 bits per heavy atom. The Balaban J connectivity index is 1.87. The quantitative estimate of drug-likeness (QED) is 0.592. The molecule has 0 bridgehead atoms. The van der Waals surface area contributed by atoms with E-state index in [0.29, 0.717) is 11.4 Å². The molecule has 22 heavy (non-hydrogen) atoms. The number of nitrogens with one attached hydrogen (secondary N) is 1. The van der Waals surface area contributed by atoms with Crippen molar-refractivity contribution in [3.05, 3.63) is 65.9 Å². The number of nitrogens with zero attached hydrogens (tertiary/aromatic N) is 4. The normalized spacial score (nSPS) is 11.2. The monoisotopic (exact) mass is 287 g/mol. The van der Waals surface area contributed by atoms with E-state index in [2.05, 4.69) is 26.8 Å². The van der Waals surface area contributed by atoms with Crippen molar-refractivity contribution in [3.8, 4) is 6.07 Å². The van der Waals surface area contributed by atoms with Crippen molar-refractivity contribution in [3.63, 3.8) is 0 Å². The molecule has 5 nitrogen and oxygen atoms in total. The van der Waals surface area contributed by atoms with Gasteiger partial charge in [0.1, 0.15) is 0 Å². The van der Waals surface area contributed by atoms with Crippen molar-refractivity contribution >= 4 is 22.3 Å². The topological polar surface area (TPSA) is 74.0 Å². The Kier molecular flexibility index (Phi) is 3.75. The summed E-state index contributed by atoms with van der Waals surface area (Å²) in [4.78, 5) is 0. The second-order valence-corrected chi connectivity index (χ2v) is 4.78. The first-order valence-corrected chi connectivity index (χ1v) is 6.79. The third-order valence-electron chi connectivity index (χ3n) is 3.33. The highest BCUT2D eigenvalue weighted by atomic mass is 15.3. The Bertz CT molecular complexity index is 870. The number of hydrazone groups is 1. The SMILES string of the molecule is C/C(=N\Nc1nncc2ccccc12)c1ccc(C#N)cc1. The van der Waals surface area contributed by atoms with Crippen LogP contribution in [0.5, 0.6) is 0 Å². The zero-order valence-corrected chi connectivity index (χ0v) is 12.0. The molecule has 0 aliphatic heterocycles. The van der Waals surface area contributed by atoms with E-state index in [-0.39, 0.29) is 0 Å². The zero-order chi connectivity index (χ0) is 15.4. The summed E-state index contributed by atoms with van der Waals surface area (Å²) in [7, 11) is 0. The van der Waals surface area contributed by atoms with Crippen LogP contribution >= 0.6 is 0 Å². The number of benzene rings is 2. The van der Waals surface area contributed by atoms with Gasteiger partial charge in [0.25, 0.3) is 0 Å². The molecule has 1 aromatic heterocycles. The lowest BCUT2D eigenvalue weighted by Crippen LogP contribution is -2.02. The molecule has 0 saturated carbocycles. The van der Waals surface area contributed by atoms with Crippen molar-refractivity contribution in [1.29, 1.82) is 5.26 Å². The first-order valence-electron chi connectivity index (χ1n) is 6.79. The fourth-order valence-electron chi connectivity index (χ4n) is 2.10. The van der Waals surface area contributed by atoms with Crippen LogP contribution in [0.25, 0.3) is 10.8 Å². The fourth-order valence-corrected chi connectivity index (χ4v) is 2.10. The molecule has 106 valence electrons. The van der Waals surface area contributed by atoms with Gasteiger partial charge in [-0.05, 0) is 24.6 Å². The van der Waals surface area contributed by atoms with Gasteiger partial charge in [-0.25, -0.2) is 0 Å². The van der Waals surface area contributed by atoms with E-state index in [0.717, 1.165) is 22.0 Å². The van der Waals surface area contributed by atoms with Gasteiger partial charge in [0, 0.05) is 10.8 Å². The lowest BCUT2D eigenvalue weighted by atomic mass is 10.1. The number of fused-ring (bicyclic) bond motifs is 1.